The van der Waals surface area contributed by atoms with Crippen LogP contribution in [-0.2, 0) is 0 Å². The van der Waals surface area contributed by atoms with E-state index in [1.54, 1.807) is 18.2 Å². The van der Waals surface area contributed by atoms with Crippen LogP contribution in [0.2, 0.25) is 0 Å². The zero-order chi connectivity index (χ0) is 26.0. The van der Waals surface area contributed by atoms with E-state index < -0.39 is 0 Å². The van der Waals surface area contributed by atoms with E-state index >= 15 is 0 Å². The van der Waals surface area contributed by atoms with Gasteiger partial charge in [-0.3, -0.25) is 9.59 Å². The lowest BCUT2D eigenvalue weighted by molar-refractivity contribution is 0.0953. The van der Waals surface area contributed by atoms with Gasteiger partial charge < -0.3 is 14.8 Å². The van der Waals surface area contributed by atoms with Crippen molar-refractivity contribution in [3.63, 3.8) is 0 Å². The molecule has 0 saturated heterocycles. The molecule has 0 radical (unpaired) electrons. The summed E-state index contributed by atoms with van der Waals surface area (Å²) >= 11 is 0. The molecule has 1 aliphatic heterocycles. The van der Waals surface area contributed by atoms with E-state index in [-0.39, 0.29) is 17.1 Å². The number of fused-ring (bicyclic) bond motifs is 2. The van der Waals surface area contributed by atoms with Gasteiger partial charge in [0.05, 0.1) is 0 Å². The quantitative estimate of drug-likeness (QED) is 0.145. The zero-order valence-corrected chi connectivity index (χ0v) is 21.7. The fraction of sp³-hybridized carbons (Fsp3) is 0.375. The molecule has 0 saturated carbocycles. The average molecular weight is 500 g/mol. The van der Waals surface area contributed by atoms with Crippen LogP contribution < -0.4 is 10.7 Å². The van der Waals surface area contributed by atoms with E-state index in [0.29, 0.717) is 23.5 Å². The van der Waals surface area contributed by atoms with Crippen LogP contribution in [-0.4, -0.2) is 17.6 Å². The highest BCUT2D eigenvalue weighted by atomic mass is 16.3. The molecule has 0 aromatic heterocycles. The number of unbranched alkanes of at least 4 members (excludes halogenated alkanes) is 9. The Morgan fingerprint density at radius 3 is 2.27 bits per heavy atom. The van der Waals surface area contributed by atoms with Crippen LogP contribution in [0, 0.1) is 0 Å². The molecule has 1 heterocycles. The SMILES string of the molecule is CCCCCCCCCCCCNC(=O)c1ccccc1-c1c2ccc(=O)cc-2oc2cc(O)ccc12. The second kappa shape index (κ2) is 13.1. The highest BCUT2D eigenvalue weighted by molar-refractivity contribution is 6.09. The predicted molar refractivity (Wildman–Crippen MR) is 150 cm³/mol. The maximum Gasteiger partial charge on any atom is 0.251 e. The molecule has 0 atom stereocenters. The zero-order valence-electron chi connectivity index (χ0n) is 21.7. The highest BCUT2D eigenvalue weighted by Gasteiger charge is 2.21. The number of hydrogen-bond donors (Lipinski definition) is 2. The van der Waals surface area contributed by atoms with Crippen molar-refractivity contribution in [3.05, 3.63) is 76.5 Å². The van der Waals surface area contributed by atoms with Gasteiger partial charge in [0, 0.05) is 40.8 Å². The van der Waals surface area contributed by atoms with Gasteiger partial charge in [0.25, 0.3) is 5.91 Å². The van der Waals surface area contributed by atoms with Crippen molar-refractivity contribution < 1.29 is 14.3 Å². The van der Waals surface area contributed by atoms with Gasteiger partial charge in [0.1, 0.15) is 17.1 Å². The number of rotatable bonds is 13. The Balaban J connectivity index is 1.46. The summed E-state index contributed by atoms with van der Waals surface area (Å²) in [6.07, 6.45) is 12.5. The van der Waals surface area contributed by atoms with Crippen LogP contribution in [0.25, 0.3) is 33.4 Å². The lowest BCUT2D eigenvalue weighted by Crippen LogP contribution is -2.25. The van der Waals surface area contributed by atoms with E-state index in [9.17, 15) is 14.7 Å². The molecule has 5 nitrogen and oxygen atoms in total. The van der Waals surface area contributed by atoms with Crippen LogP contribution in [0.4, 0.5) is 0 Å². The molecule has 1 aliphatic carbocycles. The van der Waals surface area contributed by atoms with Gasteiger partial charge in [-0.25, -0.2) is 0 Å². The lowest BCUT2D eigenvalue weighted by Gasteiger charge is -2.17. The number of phenolic OH excluding ortho intramolecular Hbond substituents is 1. The van der Waals surface area contributed by atoms with Crippen molar-refractivity contribution >= 4 is 16.9 Å². The number of phenols is 1. The maximum atomic E-state index is 13.3. The number of carbonyl (C=O) groups is 1. The number of carbonyl (C=O) groups excluding carboxylic acids is 1. The van der Waals surface area contributed by atoms with Crippen molar-refractivity contribution in [1.82, 2.24) is 5.32 Å². The first-order valence-electron chi connectivity index (χ1n) is 13.7. The molecular formula is C32H37NO4. The maximum absolute atomic E-state index is 13.3. The van der Waals surface area contributed by atoms with Crippen LogP contribution in [0.1, 0.15) is 81.5 Å². The molecule has 0 unspecified atom stereocenters. The molecule has 0 bridgehead atoms. The Hall–Kier alpha value is -3.60. The Labute approximate surface area is 218 Å². The molecule has 2 N–H and O–H groups in total. The first-order chi connectivity index (χ1) is 18.1. The third-order valence-corrected chi connectivity index (χ3v) is 6.93. The van der Waals surface area contributed by atoms with Crippen molar-refractivity contribution in [2.24, 2.45) is 0 Å². The van der Waals surface area contributed by atoms with Crippen LogP contribution >= 0.6 is 0 Å². The third-order valence-electron chi connectivity index (χ3n) is 6.93. The van der Waals surface area contributed by atoms with E-state index in [1.807, 2.05) is 24.3 Å². The molecule has 4 rings (SSSR count). The second-order valence-electron chi connectivity index (χ2n) is 9.80. The van der Waals surface area contributed by atoms with E-state index in [1.165, 1.54) is 69.6 Å². The molecular weight excluding hydrogens is 462 g/mol. The Morgan fingerprint density at radius 1 is 0.811 bits per heavy atom. The van der Waals surface area contributed by atoms with Crippen LogP contribution in [0.5, 0.6) is 5.75 Å². The van der Waals surface area contributed by atoms with Crippen molar-refractivity contribution in [1.29, 1.82) is 0 Å². The monoisotopic (exact) mass is 499 g/mol. The molecule has 37 heavy (non-hydrogen) atoms. The highest BCUT2D eigenvalue weighted by Crippen LogP contribution is 2.41. The minimum Gasteiger partial charge on any atom is -0.508 e. The molecule has 0 spiro atoms. The summed E-state index contributed by atoms with van der Waals surface area (Å²) in [5, 5.41) is 13.9. The van der Waals surface area contributed by atoms with Gasteiger partial charge in [-0.1, -0.05) is 82.9 Å². The van der Waals surface area contributed by atoms with E-state index in [2.05, 4.69) is 12.2 Å². The number of aromatic hydroxyl groups is 1. The van der Waals surface area contributed by atoms with Gasteiger partial charge in [-0.2, -0.15) is 0 Å². The summed E-state index contributed by atoms with van der Waals surface area (Å²) < 4.78 is 5.95. The fourth-order valence-corrected chi connectivity index (χ4v) is 4.96. The van der Waals surface area contributed by atoms with Gasteiger partial charge in [0.2, 0.25) is 0 Å². The summed E-state index contributed by atoms with van der Waals surface area (Å²) in [5.41, 5.74) is 3.17. The summed E-state index contributed by atoms with van der Waals surface area (Å²) in [6, 6.07) is 17.1. The molecule has 194 valence electrons. The minimum absolute atomic E-state index is 0.0716. The molecule has 0 fully saturated rings. The topological polar surface area (TPSA) is 79.5 Å². The molecule has 2 aromatic rings. The number of amides is 1. The average Bonchev–Trinajstić information content (AvgIpc) is 2.90. The molecule has 5 heteroatoms. The molecule has 2 aliphatic rings. The number of hydrogen-bond acceptors (Lipinski definition) is 4. The predicted octanol–water partition coefficient (Wildman–Crippen LogP) is 7.92. The van der Waals surface area contributed by atoms with E-state index in [4.69, 9.17) is 4.42 Å². The minimum atomic E-state index is -0.163. The summed E-state index contributed by atoms with van der Waals surface area (Å²) in [5.74, 6) is 0.372. The standard InChI is InChI=1S/C32H37NO4/c1-2-3-4-5-6-7-8-9-10-13-20-33-32(36)26-15-12-11-14-25(26)31-27-18-16-23(34)21-29(27)37-30-22-24(35)17-19-28(30)31/h11-12,14-19,21-22,34H,2-10,13,20H2,1H3,(H,33,36). The molecule has 2 aromatic carbocycles. The van der Waals surface area contributed by atoms with Gasteiger partial charge >= 0.3 is 0 Å². The van der Waals surface area contributed by atoms with Gasteiger partial charge in [-0.15, -0.1) is 0 Å². The van der Waals surface area contributed by atoms with Gasteiger partial charge in [-0.05, 0) is 42.3 Å². The Bertz CT molecular complexity index is 1360. The Morgan fingerprint density at radius 2 is 1.51 bits per heavy atom. The Kier molecular flexibility index (Phi) is 9.36. The van der Waals surface area contributed by atoms with E-state index in [0.717, 1.165) is 34.9 Å². The molecule has 1 amide bonds. The van der Waals surface area contributed by atoms with Gasteiger partial charge in [0.15, 0.2) is 5.43 Å². The first kappa shape index (κ1) is 26.5. The number of benzene rings is 3. The largest absolute Gasteiger partial charge is 0.508 e. The summed E-state index contributed by atoms with van der Waals surface area (Å²) in [6.45, 7) is 2.89. The fourth-order valence-electron chi connectivity index (χ4n) is 4.96. The summed E-state index contributed by atoms with van der Waals surface area (Å²) in [7, 11) is 0. The van der Waals surface area contributed by atoms with Crippen molar-refractivity contribution in [2.75, 3.05) is 6.54 Å². The first-order valence-corrected chi connectivity index (χ1v) is 13.7. The smallest absolute Gasteiger partial charge is 0.251 e. The summed E-state index contributed by atoms with van der Waals surface area (Å²) in [4.78, 5) is 25.3. The normalized spacial score (nSPS) is 11.3. The van der Waals surface area contributed by atoms with Crippen LogP contribution in [0.3, 0.4) is 0 Å². The van der Waals surface area contributed by atoms with Crippen molar-refractivity contribution in [2.45, 2.75) is 71.1 Å². The lowest BCUT2D eigenvalue weighted by atomic mass is 9.90. The second-order valence-corrected chi connectivity index (χ2v) is 9.80. The third kappa shape index (κ3) is 6.79. The van der Waals surface area contributed by atoms with Crippen molar-refractivity contribution in [3.8, 4) is 28.2 Å². The van der Waals surface area contributed by atoms with Crippen LogP contribution in [0.15, 0.2) is 69.9 Å². The number of nitrogens with one attached hydrogen (secondary N) is 1.